The molecule has 2 nitrogen and oxygen atoms in total. The van der Waals surface area contributed by atoms with Crippen molar-refractivity contribution in [2.45, 2.75) is 19.8 Å². The summed E-state index contributed by atoms with van der Waals surface area (Å²) in [6.07, 6.45) is 5.06. The van der Waals surface area contributed by atoms with Gasteiger partial charge in [0.1, 0.15) is 0 Å². The van der Waals surface area contributed by atoms with Crippen LogP contribution in [0.25, 0.3) is 0 Å². The van der Waals surface area contributed by atoms with Crippen LogP contribution in [0.3, 0.4) is 0 Å². The van der Waals surface area contributed by atoms with Crippen molar-refractivity contribution in [1.82, 2.24) is 0 Å². The third-order valence-electron chi connectivity index (χ3n) is 0.622. The molecule has 0 N–H and O–H groups in total. The molecule has 0 aromatic rings. The Morgan fingerprint density at radius 1 is 1.71 bits per heavy atom. The van der Waals surface area contributed by atoms with Crippen molar-refractivity contribution >= 4 is 0 Å². The van der Waals surface area contributed by atoms with Gasteiger partial charge in [0.2, 0.25) is 0 Å². The van der Waals surface area contributed by atoms with Crippen LogP contribution >= 0.6 is 0 Å². The summed E-state index contributed by atoms with van der Waals surface area (Å²) in [6, 6.07) is 0. The van der Waals surface area contributed by atoms with E-state index in [1.165, 1.54) is 6.20 Å². The van der Waals surface area contributed by atoms with Crippen molar-refractivity contribution in [2.75, 3.05) is 0 Å². The molecule has 7 heavy (non-hydrogen) atoms. The average Bonchev–Trinajstić information content (AvgIpc) is 1.69. The molecule has 0 atom stereocenters. The molecule has 0 aliphatic rings. The van der Waals surface area contributed by atoms with Gasteiger partial charge >= 0.3 is 0 Å². The molecule has 0 aliphatic carbocycles. The zero-order chi connectivity index (χ0) is 5.54. The van der Waals surface area contributed by atoms with Gasteiger partial charge in [0.15, 0.2) is 0 Å². The normalized spacial score (nSPS) is 9.86. The molecule has 0 bridgehead atoms. The maximum atomic E-state index is 9.34. The Bertz CT molecular complexity index is 68.5. The first-order valence-electron chi connectivity index (χ1n) is 2.39. The molecule has 2 heteroatoms. The number of rotatable bonds is 3. The fourth-order valence-corrected chi connectivity index (χ4v) is 0.284. The summed E-state index contributed by atoms with van der Waals surface area (Å²) in [7, 11) is 0. The second-order valence-electron chi connectivity index (χ2n) is 1.28. The first kappa shape index (κ1) is 6.34. The molecule has 0 heterocycles. The van der Waals surface area contributed by atoms with E-state index in [-0.39, 0.29) is 0 Å². The fourth-order valence-electron chi connectivity index (χ4n) is 0.284. The van der Waals surface area contributed by atoms with Crippen LogP contribution in [0.5, 0.6) is 0 Å². The molecule has 0 saturated heterocycles. The lowest BCUT2D eigenvalue weighted by Crippen LogP contribution is -1.56. The highest BCUT2D eigenvalue weighted by Gasteiger charge is 1.68. The Balaban J connectivity index is 2.92. The number of hydrogen-bond donors (Lipinski definition) is 0. The van der Waals surface area contributed by atoms with Crippen LogP contribution in [0.15, 0.2) is 17.5 Å². The second-order valence-corrected chi connectivity index (χ2v) is 1.28. The lowest BCUT2D eigenvalue weighted by atomic mass is 10.3. The Morgan fingerprint density at radius 3 is 2.86 bits per heavy atom. The van der Waals surface area contributed by atoms with Crippen molar-refractivity contribution < 1.29 is 0 Å². The molecule has 0 spiro atoms. The molecule has 0 saturated carbocycles. The predicted octanol–water partition coefficient (Wildman–Crippen LogP) is 2.07. The van der Waals surface area contributed by atoms with Gasteiger partial charge in [-0.2, -0.15) is 0 Å². The summed E-state index contributed by atoms with van der Waals surface area (Å²) in [5, 5.41) is 2.54. The lowest BCUT2D eigenvalue weighted by Gasteiger charge is -1.75. The summed E-state index contributed by atoms with van der Waals surface area (Å²) in [4.78, 5) is 9.34. The predicted molar refractivity (Wildman–Crippen MR) is 29.8 cm³/mol. The van der Waals surface area contributed by atoms with Gasteiger partial charge in [0.25, 0.3) is 0 Å². The topological polar surface area (TPSA) is 29.4 Å². The van der Waals surface area contributed by atoms with Crippen molar-refractivity contribution in [2.24, 2.45) is 5.18 Å². The Kier molecular flexibility index (Phi) is 4.84. The van der Waals surface area contributed by atoms with Gasteiger partial charge in [-0.1, -0.05) is 19.4 Å². The van der Waals surface area contributed by atoms with E-state index in [0.29, 0.717) is 0 Å². The van der Waals surface area contributed by atoms with Crippen LogP contribution in [0.1, 0.15) is 19.8 Å². The highest BCUT2D eigenvalue weighted by molar-refractivity contribution is 4.77. The van der Waals surface area contributed by atoms with Crippen LogP contribution in [-0.2, 0) is 0 Å². The van der Waals surface area contributed by atoms with Crippen molar-refractivity contribution in [3.63, 3.8) is 0 Å². The Morgan fingerprint density at radius 2 is 2.43 bits per heavy atom. The molecular formula is C5H9NO. The van der Waals surface area contributed by atoms with Crippen molar-refractivity contribution in [1.29, 1.82) is 0 Å². The van der Waals surface area contributed by atoms with E-state index >= 15 is 0 Å². The molecule has 0 rings (SSSR count). The first-order chi connectivity index (χ1) is 3.41. The maximum absolute atomic E-state index is 9.34. The van der Waals surface area contributed by atoms with Crippen molar-refractivity contribution in [3.8, 4) is 0 Å². The third-order valence-corrected chi connectivity index (χ3v) is 0.622. The fraction of sp³-hybridized carbons (Fsp3) is 0.600. The standard InChI is InChI=1S/C5H9NO/c1-2-3-4-5-6-7/h4-5H,2-3H2,1H3. The van der Waals surface area contributed by atoms with Gasteiger partial charge in [0, 0.05) is 0 Å². The van der Waals surface area contributed by atoms with Gasteiger partial charge in [-0.25, -0.2) is 0 Å². The maximum Gasteiger partial charge on any atom is 0.0675 e. The first-order valence-corrected chi connectivity index (χ1v) is 2.39. The van der Waals surface area contributed by atoms with Crippen LogP contribution in [0.4, 0.5) is 0 Å². The van der Waals surface area contributed by atoms with E-state index in [4.69, 9.17) is 0 Å². The Labute approximate surface area is 43.2 Å². The van der Waals surface area contributed by atoms with Crippen LogP contribution < -0.4 is 0 Å². The highest BCUT2D eigenvalue weighted by atomic mass is 16.2. The monoisotopic (exact) mass is 99.1 g/mol. The van der Waals surface area contributed by atoms with Gasteiger partial charge in [0.05, 0.1) is 6.20 Å². The molecule has 0 radical (unpaired) electrons. The largest absolute Gasteiger partial charge is 0.145 e. The van der Waals surface area contributed by atoms with Crippen LogP contribution in [0, 0.1) is 4.91 Å². The van der Waals surface area contributed by atoms with Crippen molar-refractivity contribution in [3.05, 3.63) is 17.2 Å². The zero-order valence-electron chi connectivity index (χ0n) is 4.42. The summed E-state index contributed by atoms with van der Waals surface area (Å²) >= 11 is 0. The smallest absolute Gasteiger partial charge is 0.0675 e. The second kappa shape index (κ2) is 5.34. The van der Waals surface area contributed by atoms with Gasteiger partial charge in [-0.15, -0.1) is 4.91 Å². The molecule has 0 unspecified atom stereocenters. The number of hydrogen-bond acceptors (Lipinski definition) is 2. The van der Waals surface area contributed by atoms with E-state index in [2.05, 4.69) is 12.1 Å². The van der Waals surface area contributed by atoms with Gasteiger partial charge < -0.3 is 0 Å². The molecular weight excluding hydrogens is 90.1 g/mol. The Hall–Kier alpha value is -0.660. The van der Waals surface area contributed by atoms with Gasteiger partial charge in [-0.05, 0) is 11.6 Å². The number of nitroso groups, excluding NO2 is 1. The summed E-state index contributed by atoms with van der Waals surface area (Å²) in [5.41, 5.74) is 0. The van der Waals surface area contributed by atoms with E-state index < -0.39 is 0 Å². The summed E-state index contributed by atoms with van der Waals surface area (Å²) in [6.45, 7) is 2.05. The van der Waals surface area contributed by atoms with E-state index in [1.54, 1.807) is 6.08 Å². The summed E-state index contributed by atoms with van der Waals surface area (Å²) < 4.78 is 0. The van der Waals surface area contributed by atoms with E-state index in [9.17, 15) is 4.91 Å². The average molecular weight is 99.1 g/mol. The minimum Gasteiger partial charge on any atom is -0.145 e. The number of nitrogens with zero attached hydrogens (tertiary/aromatic N) is 1. The minimum absolute atomic E-state index is 0.950. The number of unbranched alkanes of at least 4 members (excludes halogenated alkanes) is 1. The van der Waals surface area contributed by atoms with Crippen LogP contribution in [0.2, 0.25) is 0 Å². The van der Waals surface area contributed by atoms with E-state index in [1.807, 2.05) is 0 Å². The lowest BCUT2D eigenvalue weighted by molar-refractivity contribution is 0.956. The summed E-state index contributed by atoms with van der Waals surface area (Å²) in [5.74, 6) is 0. The molecule has 0 aromatic carbocycles. The van der Waals surface area contributed by atoms with Crippen LogP contribution in [-0.4, -0.2) is 0 Å². The molecule has 0 amide bonds. The highest BCUT2D eigenvalue weighted by Crippen LogP contribution is 1.86. The minimum atomic E-state index is 0.950. The quantitative estimate of drug-likeness (QED) is 0.498. The van der Waals surface area contributed by atoms with E-state index in [0.717, 1.165) is 12.8 Å². The SMILES string of the molecule is CCCC=CN=O. The molecule has 0 aromatic heterocycles. The van der Waals surface area contributed by atoms with Gasteiger partial charge in [-0.3, -0.25) is 0 Å². The molecule has 0 fully saturated rings. The zero-order valence-corrected chi connectivity index (χ0v) is 4.42. The molecule has 40 valence electrons. The third kappa shape index (κ3) is 5.34. The number of allylic oxidation sites excluding steroid dienone is 1. The molecule has 0 aliphatic heterocycles.